The minimum atomic E-state index is 0.757. The molecule has 8 heteroatoms. The molecule has 0 bridgehead atoms. The highest BCUT2D eigenvalue weighted by atomic mass is 32.1. The van der Waals surface area contributed by atoms with E-state index >= 15 is 0 Å². The van der Waals surface area contributed by atoms with E-state index in [-0.39, 0.29) is 0 Å². The second-order valence-electron chi connectivity index (χ2n) is 5.85. The van der Waals surface area contributed by atoms with Gasteiger partial charge in [0.05, 0.1) is 6.20 Å². The lowest BCUT2D eigenvalue weighted by Crippen LogP contribution is -1.93. The molecule has 27 heavy (non-hydrogen) atoms. The second kappa shape index (κ2) is 6.58. The molecule has 0 fully saturated rings. The Balaban J connectivity index is 1.52. The lowest BCUT2D eigenvalue weighted by atomic mass is 10.1. The molecule has 4 heterocycles. The van der Waals surface area contributed by atoms with Crippen molar-refractivity contribution < 1.29 is 0 Å². The van der Waals surface area contributed by atoms with Crippen LogP contribution in [-0.2, 0) is 0 Å². The van der Waals surface area contributed by atoms with Crippen molar-refractivity contribution in [2.75, 3.05) is 5.32 Å². The topological polar surface area (TPSA) is 80.9 Å². The summed E-state index contributed by atoms with van der Waals surface area (Å²) in [4.78, 5) is 8.69. The van der Waals surface area contributed by atoms with E-state index in [2.05, 4.69) is 36.6 Å². The molecule has 0 radical (unpaired) electrons. The molecule has 5 aromatic rings. The van der Waals surface area contributed by atoms with Crippen LogP contribution in [-0.4, -0.2) is 29.8 Å². The summed E-state index contributed by atoms with van der Waals surface area (Å²) < 4.78 is 1.80. The molecule has 130 valence electrons. The maximum absolute atomic E-state index is 4.64. The quantitative estimate of drug-likeness (QED) is 0.513. The van der Waals surface area contributed by atoms with Crippen LogP contribution in [0.3, 0.4) is 0 Å². The van der Waals surface area contributed by atoms with Crippen molar-refractivity contribution >= 4 is 27.8 Å². The predicted molar refractivity (Wildman–Crippen MR) is 105 cm³/mol. The van der Waals surface area contributed by atoms with E-state index in [1.807, 2.05) is 48.9 Å². The predicted octanol–water partition coefficient (Wildman–Crippen LogP) is 4.05. The third kappa shape index (κ3) is 3.02. The first kappa shape index (κ1) is 15.6. The van der Waals surface area contributed by atoms with Crippen LogP contribution in [0.25, 0.3) is 27.9 Å². The van der Waals surface area contributed by atoms with Crippen molar-refractivity contribution in [3.05, 3.63) is 72.9 Å². The maximum Gasteiger partial charge on any atom is 0.209 e. The van der Waals surface area contributed by atoms with Gasteiger partial charge in [-0.1, -0.05) is 23.5 Å². The van der Waals surface area contributed by atoms with Gasteiger partial charge in [-0.05, 0) is 35.4 Å². The minimum absolute atomic E-state index is 0.757. The van der Waals surface area contributed by atoms with Crippen LogP contribution < -0.4 is 5.32 Å². The summed E-state index contributed by atoms with van der Waals surface area (Å²) >= 11 is 1.46. The van der Waals surface area contributed by atoms with Crippen LogP contribution in [0, 0.1) is 0 Å². The summed E-state index contributed by atoms with van der Waals surface area (Å²) in [5, 5.41) is 16.4. The lowest BCUT2D eigenvalue weighted by molar-refractivity contribution is 0.941. The van der Waals surface area contributed by atoms with Gasteiger partial charge in [-0.25, -0.2) is 9.50 Å². The van der Waals surface area contributed by atoms with Crippen molar-refractivity contribution in [2.45, 2.75) is 0 Å². The third-order valence-corrected chi connectivity index (χ3v) is 4.76. The number of hydrogen-bond acceptors (Lipinski definition) is 7. The molecular formula is C19H13N7S. The van der Waals surface area contributed by atoms with Crippen molar-refractivity contribution in [3.8, 4) is 22.3 Å². The van der Waals surface area contributed by atoms with E-state index in [0.29, 0.717) is 0 Å². The molecular weight excluding hydrogens is 358 g/mol. The summed E-state index contributed by atoms with van der Waals surface area (Å²) in [5.41, 5.74) is 7.49. The van der Waals surface area contributed by atoms with Crippen LogP contribution >= 0.6 is 11.3 Å². The molecule has 0 aliphatic heterocycles. The van der Waals surface area contributed by atoms with Gasteiger partial charge in [-0.3, -0.25) is 4.98 Å². The zero-order valence-electron chi connectivity index (χ0n) is 14.0. The van der Waals surface area contributed by atoms with Gasteiger partial charge in [0, 0.05) is 41.6 Å². The molecule has 0 atom stereocenters. The lowest BCUT2D eigenvalue weighted by Gasteiger charge is -2.05. The van der Waals surface area contributed by atoms with Gasteiger partial charge in [-0.15, -0.1) is 10.2 Å². The number of nitrogens with one attached hydrogen (secondary N) is 1. The molecule has 5 rings (SSSR count). The normalized spacial score (nSPS) is 11.0. The zero-order chi connectivity index (χ0) is 18.1. The van der Waals surface area contributed by atoms with Gasteiger partial charge in [0.25, 0.3) is 0 Å². The van der Waals surface area contributed by atoms with E-state index in [9.17, 15) is 0 Å². The largest absolute Gasteiger partial charge is 0.330 e. The second-order valence-corrected chi connectivity index (χ2v) is 6.69. The van der Waals surface area contributed by atoms with Gasteiger partial charge in [-0.2, -0.15) is 5.10 Å². The Kier molecular flexibility index (Phi) is 3.80. The first-order valence-electron chi connectivity index (χ1n) is 8.24. The van der Waals surface area contributed by atoms with Gasteiger partial charge in [0.2, 0.25) is 5.13 Å². The first-order chi connectivity index (χ1) is 13.4. The van der Waals surface area contributed by atoms with E-state index in [1.54, 1.807) is 22.4 Å². The Morgan fingerprint density at radius 1 is 0.963 bits per heavy atom. The Morgan fingerprint density at radius 2 is 1.89 bits per heavy atom. The Hall–Kier alpha value is -3.65. The maximum atomic E-state index is 4.64. The summed E-state index contributed by atoms with van der Waals surface area (Å²) in [7, 11) is 0. The highest BCUT2D eigenvalue weighted by Gasteiger charge is 2.10. The Bertz CT molecular complexity index is 1200. The highest BCUT2D eigenvalue weighted by Crippen LogP contribution is 2.28. The molecule has 0 saturated carbocycles. The highest BCUT2D eigenvalue weighted by molar-refractivity contribution is 7.13. The fraction of sp³-hybridized carbons (Fsp3) is 0. The molecule has 7 nitrogen and oxygen atoms in total. The van der Waals surface area contributed by atoms with E-state index in [0.717, 1.165) is 38.7 Å². The first-order valence-corrected chi connectivity index (χ1v) is 9.12. The number of hydrogen-bond donors (Lipinski definition) is 1. The third-order valence-electron chi connectivity index (χ3n) is 4.15. The number of aromatic nitrogens is 6. The van der Waals surface area contributed by atoms with Crippen molar-refractivity contribution in [2.24, 2.45) is 0 Å². The molecule has 1 aromatic carbocycles. The zero-order valence-corrected chi connectivity index (χ0v) is 14.8. The van der Waals surface area contributed by atoms with Crippen molar-refractivity contribution in [3.63, 3.8) is 0 Å². The monoisotopic (exact) mass is 371 g/mol. The van der Waals surface area contributed by atoms with Gasteiger partial charge in [0.15, 0.2) is 5.65 Å². The average molecular weight is 371 g/mol. The van der Waals surface area contributed by atoms with Gasteiger partial charge < -0.3 is 5.32 Å². The SMILES string of the molecule is c1cc(Nc2nncs2)cc(-c2cnn3cc(-c4ccncc4)cnc23)c1. The van der Waals surface area contributed by atoms with Crippen LogP contribution in [0.15, 0.2) is 72.9 Å². The molecule has 0 aliphatic rings. The summed E-state index contributed by atoms with van der Waals surface area (Å²) in [6.07, 6.45) is 9.21. The summed E-state index contributed by atoms with van der Waals surface area (Å²) in [6.45, 7) is 0. The molecule has 0 amide bonds. The van der Waals surface area contributed by atoms with Crippen LogP contribution in [0.2, 0.25) is 0 Å². The van der Waals surface area contributed by atoms with Crippen LogP contribution in [0.1, 0.15) is 0 Å². The fourth-order valence-electron chi connectivity index (χ4n) is 2.89. The smallest absolute Gasteiger partial charge is 0.209 e. The Morgan fingerprint density at radius 3 is 2.74 bits per heavy atom. The van der Waals surface area contributed by atoms with E-state index in [4.69, 9.17) is 0 Å². The van der Waals surface area contributed by atoms with Crippen molar-refractivity contribution in [1.29, 1.82) is 0 Å². The molecule has 1 N–H and O–H groups in total. The van der Waals surface area contributed by atoms with Crippen molar-refractivity contribution in [1.82, 2.24) is 29.8 Å². The number of rotatable bonds is 4. The molecule has 0 spiro atoms. The van der Waals surface area contributed by atoms with E-state index in [1.165, 1.54) is 11.3 Å². The molecule has 0 unspecified atom stereocenters. The van der Waals surface area contributed by atoms with Crippen LogP contribution in [0.4, 0.5) is 10.8 Å². The molecule has 4 aromatic heterocycles. The summed E-state index contributed by atoms with van der Waals surface area (Å²) in [5.74, 6) is 0. The average Bonchev–Trinajstić information content (AvgIpc) is 3.38. The molecule has 0 saturated heterocycles. The fourth-order valence-corrected chi connectivity index (χ4v) is 3.35. The number of fused-ring (bicyclic) bond motifs is 1. The number of nitrogens with zero attached hydrogens (tertiary/aromatic N) is 6. The van der Waals surface area contributed by atoms with Crippen LogP contribution in [0.5, 0.6) is 0 Å². The number of anilines is 2. The minimum Gasteiger partial charge on any atom is -0.330 e. The standard InChI is InChI=1S/C19H13N7S/c1-2-14(8-16(3-1)24-19-25-22-12-27-19)17-10-23-26-11-15(9-21-18(17)26)13-4-6-20-7-5-13/h1-12H,(H,24,25). The van der Waals surface area contributed by atoms with Gasteiger partial charge >= 0.3 is 0 Å². The molecule has 0 aliphatic carbocycles. The summed E-state index contributed by atoms with van der Waals surface area (Å²) in [6, 6.07) is 12.0. The number of pyridine rings is 1. The van der Waals surface area contributed by atoms with Gasteiger partial charge in [0.1, 0.15) is 5.51 Å². The number of benzene rings is 1. The van der Waals surface area contributed by atoms with E-state index < -0.39 is 0 Å². The Labute approximate surface area is 158 Å².